The molecule has 1 aromatic rings. The van der Waals surface area contributed by atoms with Crippen LogP contribution in [0.2, 0.25) is 0 Å². The second kappa shape index (κ2) is 6.23. The van der Waals surface area contributed by atoms with Gasteiger partial charge in [-0.2, -0.15) is 0 Å². The van der Waals surface area contributed by atoms with Gasteiger partial charge in [-0.3, -0.25) is 4.79 Å². The number of carbonyl (C=O) groups is 1. The molecule has 2 fully saturated rings. The van der Waals surface area contributed by atoms with E-state index in [1.165, 1.54) is 0 Å². The molecule has 1 aliphatic carbocycles. The summed E-state index contributed by atoms with van der Waals surface area (Å²) in [5, 5.41) is 8.82. The van der Waals surface area contributed by atoms with Crippen molar-refractivity contribution in [2.24, 2.45) is 0 Å². The van der Waals surface area contributed by atoms with Gasteiger partial charge in [0.1, 0.15) is 5.76 Å². The fourth-order valence-electron chi connectivity index (χ4n) is 2.75. The standard InChI is InChI=1S/C15H21N3O2S/c1-3-21-18-7-6-12(8-10(18)2)16-15(19)13-9-14(20-17-13)11-4-5-11/h3,9-12H,1,4-8H2,2H3,(H,16,19). The minimum Gasteiger partial charge on any atom is -0.360 e. The molecular formula is C15H21N3O2S. The summed E-state index contributed by atoms with van der Waals surface area (Å²) in [5.74, 6) is 1.22. The van der Waals surface area contributed by atoms with Gasteiger partial charge in [-0.05, 0) is 38.0 Å². The van der Waals surface area contributed by atoms with Gasteiger partial charge in [0.25, 0.3) is 5.91 Å². The number of nitrogens with zero attached hydrogens (tertiary/aromatic N) is 2. The SMILES string of the molecule is C=CSN1CCC(NC(=O)c2cc(C3CC3)on2)CC1C. The number of rotatable bonds is 5. The smallest absolute Gasteiger partial charge is 0.273 e. The molecule has 2 aliphatic rings. The van der Waals surface area contributed by atoms with Crippen LogP contribution in [-0.2, 0) is 0 Å². The maximum atomic E-state index is 12.2. The Morgan fingerprint density at radius 2 is 2.38 bits per heavy atom. The summed E-state index contributed by atoms with van der Waals surface area (Å²) >= 11 is 1.65. The first-order valence-corrected chi connectivity index (χ1v) is 8.33. The van der Waals surface area contributed by atoms with Crippen molar-refractivity contribution in [3.63, 3.8) is 0 Å². The Hall–Kier alpha value is -1.27. The Labute approximate surface area is 129 Å². The third-order valence-corrected chi connectivity index (χ3v) is 5.06. The third-order valence-electron chi connectivity index (χ3n) is 4.10. The lowest BCUT2D eigenvalue weighted by Gasteiger charge is -2.36. The van der Waals surface area contributed by atoms with Crippen molar-refractivity contribution >= 4 is 17.9 Å². The summed E-state index contributed by atoms with van der Waals surface area (Å²) < 4.78 is 7.54. The molecule has 6 heteroatoms. The average Bonchev–Trinajstić information content (AvgIpc) is 3.19. The Balaban J connectivity index is 1.53. The molecule has 1 aromatic heterocycles. The number of hydrogen-bond acceptors (Lipinski definition) is 5. The van der Waals surface area contributed by atoms with Crippen LogP contribution in [0.5, 0.6) is 0 Å². The molecule has 3 rings (SSSR count). The highest BCUT2D eigenvalue weighted by Crippen LogP contribution is 2.40. The predicted octanol–water partition coefficient (Wildman–Crippen LogP) is 2.93. The summed E-state index contributed by atoms with van der Waals surface area (Å²) in [5.41, 5.74) is 0.410. The Morgan fingerprint density at radius 1 is 1.57 bits per heavy atom. The molecule has 1 aliphatic heterocycles. The van der Waals surface area contributed by atoms with Crippen molar-refractivity contribution in [2.45, 2.75) is 50.6 Å². The highest BCUT2D eigenvalue weighted by atomic mass is 32.2. The van der Waals surface area contributed by atoms with E-state index in [4.69, 9.17) is 4.52 Å². The molecule has 5 nitrogen and oxygen atoms in total. The Bertz CT molecular complexity index is 527. The van der Waals surface area contributed by atoms with Gasteiger partial charge in [0, 0.05) is 30.6 Å². The number of hydrogen-bond donors (Lipinski definition) is 1. The average molecular weight is 307 g/mol. The van der Waals surface area contributed by atoms with E-state index >= 15 is 0 Å². The van der Waals surface area contributed by atoms with E-state index in [-0.39, 0.29) is 11.9 Å². The highest BCUT2D eigenvalue weighted by molar-refractivity contribution is 7.99. The van der Waals surface area contributed by atoms with Gasteiger partial charge in [0.15, 0.2) is 5.69 Å². The van der Waals surface area contributed by atoms with Crippen molar-refractivity contribution in [2.75, 3.05) is 6.54 Å². The number of amides is 1. The molecule has 0 spiro atoms. The van der Waals surface area contributed by atoms with E-state index in [1.807, 2.05) is 5.41 Å². The molecule has 2 atom stereocenters. The van der Waals surface area contributed by atoms with Crippen molar-refractivity contribution in [1.82, 2.24) is 14.8 Å². The summed E-state index contributed by atoms with van der Waals surface area (Å²) in [4.78, 5) is 12.2. The van der Waals surface area contributed by atoms with E-state index in [9.17, 15) is 4.79 Å². The summed E-state index contributed by atoms with van der Waals surface area (Å²) in [6.45, 7) is 6.88. The zero-order valence-corrected chi connectivity index (χ0v) is 13.1. The number of carbonyl (C=O) groups excluding carboxylic acids is 1. The maximum Gasteiger partial charge on any atom is 0.273 e. The lowest BCUT2D eigenvalue weighted by Crippen LogP contribution is -2.46. The summed E-state index contributed by atoms with van der Waals surface area (Å²) in [6, 6.07) is 2.42. The fraction of sp³-hybridized carbons (Fsp3) is 0.600. The first-order valence-electron chi connectivity index (χ1n) is 7.49. The van der Waals surface area contributed by atoms with Crippen LogP contribution in [0.4, 0.5) is 0 Å². The summed E-state index contributed by atoms with van der Waals surface area (Å²) in [7, 11) is 0. The number of nitrogens with one attached hydrogen (secondary N) is 1. The van der Waals surface area contributed by atoms with Gasteiger partial charge in [-0.25, -0.2) is 4.31 Å². The zero-order valence-electron chi connectivity index (χ0n) is 12.2. The van der Waals surface area contributed by atoms with Gasteiger partial charge in [-0.1, -0.05) is 23.7 Å². The Morgan fingerprint density at radius 3 is 3.05 bits per heavy atom. The Kier molecular flexibility index (Phi) is 4.35. The lowest BCUT2D eigenvalue weighted by molar-refractivity contribution is 0.0907. The quantitative estimate of drug-likeness (QED) is 0.848. The molecule has 0 aromatic carbocycles. The van der Waals surface area contributed by atoms with Crippen molar-refractivity contribution in [3.05, 3.63) is 29.5 Å². The van der Waals surface area contributed by atoms with Gasteiger partial charge < -0.3 is 9.84 Å². The van der Waals surface area contributed by atoms with Gasteiger partial charge >= 0.3 is 0 Å². The minimum absolute atomic E-state index is 0.118. The van der Waals surface area contributed by atoms with E-state index < -0.39 is 0 Å². The molecule has 21 heavy (non-hydrogen) atoms. The van der Waals surface area contributed by atoms with Crippen LogP contribution in [0.3, 0.4) is 0 Å². The fourth-order valence-corrected chi connectivity index (χ4v) is 3.45. The van der Waals surface area contributed by atoms with Gasteiger partial charge in [0.05, 0.1) is 0 Å². The van der Waals surface area contributed by atoms with Crippen LogP contribution in [0.25, 0.3) is 0 Å². The predicted molar refractivity (Wildman–Crippen MR) is 82.9 cm³/mol. The van der Waals surface area contributed by atoms with Crippen LogP contribution in [0.15, 0.2) is 22.6 Å². The molecule has 1 saturated carbocycles. The molecule has 1 N–H and O–H groups in total. The molecule has 0 radical (unpaired) electrons. The molecular weight excluding hydrogens is 286 g/mol. The second-order valence-corrected chi connectivity index (χ2v) is 6.86. The largest absolute Gasteiger partial charge is 0.360 e. The highest BCUT2D eigenvalue weighted by Gasteiger charge is 2.30. The molecule has 0 bridgehead atoms. The van der Waals surface area contributed by atoms with E-state index in [0.29, 0.717) is 17.7 Å². The van der Waals surface area contributed by atoms with Crippen LogP contribution in [0, 0.1) is 0 Å². The molecule has 1 saturated heterocycles. The van der Waals surface area contributed by atoms with Crippen LogP contribution < -0.4 is 5.32 Å². The first kappa shape index (κ1) is 14.7. The molecule has 1 amide bonds. The minimum atomic E-state index is -0.118. The second-order valence-electron chi connectivity index (χ2n) is 5.85. The topological polar surface area (TPSA) is 58.4 Å². The van der Waals surface area contributed by atoms with Crippen molar-refractivity contribution in [3.8, 4) is 0 Å². The lowest BCUT2D eigenvalue weighted by atomic mass is 10.0. The monoisotopic (exact) mass is 307 g/mol. The zero-order chi connectivity index (χ0) is 14.8. The van der Waals surface area contributed by atoms with Crippen LogP contribution in [0.1, 0.15) is 54.8 Å². The number of aromatic nitrogens is 1. The van der Waals surface area contributed by atoms with Gasteiger partial charge in [0.2, 0.25) is 0 Å². The number of piperidine rings is 1. The van der Waals surface area contributed by atoms with Crippen LogP contribution in [-0.4, -0.2) is 34.0 Å². The maximum absolute atomic E-state index is 12.2. The van der Waals surface area contributed by atoms with Crippen molar-refractivity contribution < 1.29 is 9.32 Å². The van der Waals surface area contributed by atoms with E-state index in [0.717, 1.165) is 38.0 Å². The molecule has 114 valence electrons. The van der Waals surface area contributed by atoms with Crippen LogP contribution >= 0.6 is 11.9 Å². The normalized spacial score (nSPS) is 26.5. The van der Waals surface area contributed by atoms with Crippen molar-refractivity contribution in [1.29, 1.82) is 0 Å². The first-order chi connectivity index (χ1) is 10.2. The van der Waals surface area contributed by atoms with Gasteiger partial charge in [-0.15, -0.1) is 0 Å². The van der Waals surface area contributed by atoms with E-state index in [1.54, 1.807) is 18.0 Å². The summed E-state index contributed by atoms with van der Waals surface area (Å²) in [6.07, 6.45) is 4.19. The third kappa shape index (κ3) is 3.49. The molecule has 2 heterocycles. The molecule has 2 unspecified atom stereocenters. The van der Waals surface area contributed by atoms with E-state index in [2.05, 4.69) is 28.3 Å².